The predicted octanol–water partition coefficient (Wildman–Crippen LogP) is 6.37. The Morgan fingerprint density at radius 2 is 1.04 bits per heavy atom. The maximum atomic E-state index is 11.2. The predicted molar refractivity (Wildman–Crippen MR) is 112 cm³/mol. The normalized spacial score (nSPS) is 13.0. The minimum atomic E-state index is -4.26. The average Bonchev–Trinajstić information content (AvgIpc) is 2.59. The minimum absolute atomic E-state index is 0.226. The van der Waals surface area contributed by atoms with E-state index in [-0.39, 0.29) is 6.42 Å². The van der Waals surface area contributed by atoms with Crippen LogP contribution in [0.2, 0.25) is 0 Å². The standard InChI is InChI=1S/C21H42O5S/c1-2-3-4-5-6-7-8-9-10-11-12-13-14-15-16-17-18-20(19-21(22)23)27(24,25)26/h20H,2-19H2,1H3,(H,22,23)(H,24,25,26). The zero-order valence-corrected chi connectivity index (χ0v) is 18.1. The maximum absolute atomic E-state index is 11.2. The van der Waals surface area contributed by atoms with Gasteiger partial charge in [0.1, 0.15) is 0 Å². The fourth-order valence-electron chi connectivity index (χ4n) is 3.47. The molecule has 0 rings (SSSR count). The molecule has 0 amide bonds. The van der Waals surface area contributed by atoms with Gasteiger partial charge in [0.15, 0.2) is 0 Å². The molecule has 0 radical (unpaired) electrons. The second-order valence-corrected chi connectivity index (χ2v) is 9.52. The highest BCUT2D eigenvalue weighted by atomic mass is 32.2. The van der Waals surface area contributed by atoms with Gasteiger partial charge in [-0.3, -0.25) is 9.35 Å². The van der Waals surface area contributed by atoms with Crippen LogP contribution in [0.1, 0.15) is 122 Å². The lowest BCUT2D eigenvalue weighted by molar-refractivity contribution is -0.137. The summed E-state index contributed by atoms with van der Waals surface area (Å²) in [7, 11) is -4.26. The molecular formula is C21H42O5S. The van der Waals surface area contributed by atoms with Crippen molar-refractivity contribution in [2.24, 2.45) is 0 Å². The monoisotopic (exact) mass is 406 g/mol. The molecule has 0 aromatic carbocycles. The van der Waals surface area contributed by atoms with Gasteiger partial charge in [0, 0.05) is 0 Å². The summed E-state index contributed by atoms with van der Waals surface area (Å²) in [5.41, 5.74) is 0. The summed E-state index contributed by atoms with van der Waals surface area (Å²) in [6, 6.07) is 0. The van der Waals surface area contributed by atoms with Crippen molar-refractivity contribution in [1.29, 1.82) is 0 Å². The van der Waals surface area contributed by atoms with Crippen molar-refractivity contribution in [3.8, 4) is 0 Å². The number of hydrogen-bond donors (Lipinski definition) is 2. The van der Waals surface area contributed by atoms with Crippen LogP contribution >= 0.6 is 0 Å². The molecule has 0 aliphatic rings. The van der Waals surface area contributed by atoms with E-state index in [0.29, 0.717) is 6.42 Å². The number of hydrogen-bond acceptors (Lipinski definition) is 3. The maximum Gasteiger partial charge on any atom is 0.304 e. The summed E-state index contributed by atoms with van der Waals surface area (Å²) in [5.74, 6) is -1.19. The van der Waals surface area contributed by atoms with Crippen molar-refractivity contribution in [1.82, 2.24) is 0 Å². The van der Waals surface area contributed by atoms with E-state index < -0.39 is 27.8 Å². The van der Waals surface area contributed by atoms with Gasteiger partial charge in [0.05, 0.1) is 11.7 Å². The van der Waals surface area contributed by atoms with Gasteiger partial charge in [-0.25, -0.2) is 0 Å². The molecule has 0 heterocycles. The fourth-order valence-corrected chi connectivity index (χ4v) is 4.29. The molecule has 0 aliphatic heterocycles. The van der Waals surface area contributed by atoms with Crippen LogP contribution in [0.4, 0.5) is 0 Å². The van der Waals surface area contributed by atoms with Crippen molar-refractivity contribution < 1.29 is 22.9 Å². The first kappa shape index (κ1) is 26.4. The molecule has 5 nitrogen and oxygen atoms in total. The Labute approximate surface area is 167 Å². The molecule has 0 spiro atoms. The lowest BCUT2D eigenvalue weighted by Crippen LogP contribution is -2.23. The highest BCUT2D eigenvalue weighted by molar-refractivity contribution is 7.86. The van der Waals surface area contributed by atoms with Crippen molar-refractivity contribution >= 4 is 16.1 Å². The average molecular weight is 407 g/mol. The van der Waals surface area contributed by atoms with Gasteiger partial charge >= 0.3 is 5.97 Å². The van der Waals surface area contributed by atoms with Gasteiger partial charge in [-0.05, 0) is 6.42 Å². The second kappa shape index (κ2) is 17.5. The van der Waals surface area contributed by atoms with E-state index in [1.807, 2.05) is 0 Å². The van der Waals surface area contributed by atoms with Crippen LogP contribution in [0.5, 0.6) is 0 Å². The molecule has 1 atom stereocenters. The Morgan fingerprint density at radius 1 is 0.704 bits per heavy atom. The topological polar surface area (TPSA) is 91.7 Å². The zero-order chi connectivity index (χ0) is 20.4. The van der Waals surface area contributed by atoms with E-state index in [1.54, 1.807) is 0 Å². The first-order valence-electron chi connectivity index (χ1n) is 11.1. The Bertz CT molecular complexity index is 447. The van der Waals surface area contributed by atoms with Crippen molar-refractivity contribution in [3.05, 3.63) is 0 Å². The molecule has 0 bridgehead atoms. The van der Waals surface area contributed by atoms with Crippen LogP contribution in [-0.4, -0.2) is 29.3 Å². The van der Waals surface area contributed by atoms with Crippen LogP contribution < -0.4 is 0 Å². The molecule has 0 aromatic rings. The number of unbranched alkanes of at least 4 members (excludes halogenated alkanes) is 15. The Balaban J connectivity index is 3.38. The molecule has 0 aliphatic carbocycles. The van der Waals surface area contributed by atoms with Crippen LogP contribution in [-0.2, 0) is 14.9 Å². The fraction of sp³-hybridized carbons (Fsp3) is 0.952. The molecular weight excluding hydrogens is 364 g/mol. The number of rotatable bonds is 20. The quantitative estimate of drug-likeness (QED) is 0.181. The third-order valence-electron chi connectivity index (χ3n) is 5.20. The van der Waals surface area contributed by atoms with Gasteiger partial charge < -0.3 is 5.11 Å². The summed E-state index contributed by atoms with van der Waals surface area (Å²) >= 11 is 0. The number of carboxylic acids is 1. The van der Waals surface area contributed by atoms with Crippen molar-refractivity contribution in [3.63, 3.8) is 0 Å². The molecule has 1 unspecified atom stereocenters. The highest BCUT2D eigenvalue weighted by Gasteiger charge is 2.25. The lowest BCUT2D eigenvalue weighted by Gasteiger charge is -2.11. The summed E-state index contributed by atoms with van der Waals surface area (Å²) in [6.07, 6.45) is 19.6. The van der Waals surface area contributed by atoms with E-state index in [2.05, 4.69) is 6.92 Å². The molecule has 0 fully saturated rings. The SMILES string of the molecule is CCCCCCCCCCCCCCCCCCC(CC(=O)O)S(=O)(=O)O. The molecule has 6 heteroatoms. The highest BCUT2D eigenvalue weighted by Crippen LogP contribution is 2.17. The van der Waals surface area contributed by atoms with E-state index in [0.717, 1.165) is 19.3 Å². The van der Waals surface area contributed by atoms with Gasteiger partial charge in [-0.15, -0.1) is 0 Å². The van der Waals surface area contributed by atoms with Gasteiger partial charge in [-0.2, -0.15) is 8.42 Å². The summed E-state index contributed by atoms with van der Waals surface area (Å²) in [4.78, 5) is 10.7. The van der Waals surface area contributed by atoms with Crippen LogP contribution in [0.15, 0.2) is 0 Å². The molecule has 27 heavy (non-hydrogen) atoms. The minimum Gasteiger partial charge on any atom is -0.481 e. The summed E-state index contributed by atoms with van der Waals surface area (Å²) < 4.78 is 31.4. The first-order valence-corrected chi connectivity index (χ1v) is 12.6. The van der Waals surface area contributed by atoms with Crippen molar-refractivity contribution in [2.75, 3.05) is 0 Å². The largest absolute Gasteiger partial charge is 0.481 e. The van der Waals surface area contributed by atoms with E-state index in [1.165, 1.54) is 77.0 Å². The smallest absolute Gasteiger partial charge is 0.304 e. The number of carboxylic acid groups (broad SMARTS) is 1. The lowest BCUT2D eigenvalue weighted by atomic mass is 10.0. The Morgan fingerprint density at radius 3 is 1.33 bits per heavy atom. The number of aliphatic carboxylic acids is 1. The molecule has 162 valence electrons. The first-order chi connectivity index (χ1) is 12.9. The Kier molecular flexibility index (Phi) is 17.1. The van der Waals surface area contributed by atoms with Crippen LogP contribution in [0.25, 0.3) is 0 Å². The third kappa shape index (κ3) is 18.5. The van der Waals surface area contributed by atoms with Crippen molar-refractivity contribution in [2.45, 2.75) is 128 Å². The molecule has 2 N–H and O–H groups in total. The molecule has 0 saturated heterocycles. The van der Waals surface area contributed by atoms with Gasteiger partial charge in [-0.1, -0.05) is 110 Å². The Hall–Kier alpha value is -0.620. The van der Waals surface area contributed by atoms with Crippen LogP contribution in [0.3, 0.4) is 0 Å². The summed E-state index contributed by atoms with van der Waals surface area (Å²) in [5, 5.41) is 7.54. The third-order valence-corrected chi connectivity index (χ3v) is 6.45. The van der Waals surface area contributed by atoms with Crippen LogP contribution in [0, 0.1) is 0 Å². The van der Waals surface area contributed by atoms with Gasteiger partial charge in [0.2, 0.25) is 0 Å². The van der Waals surface area contributed by atoms with E-state index in [4.69, 9.17) is 9.66 Å². The number of carbonyl (C=O) groups is 1. The van der Waals surface area contributed by atoms with Gasteiger partial charge in [0.25, 0.3) is 10.1 Å². The van der Waals surface area contributed by atoms with E-state index >= 15 is 0 Å². The second-order valence-electron chi connectivity index (χ2n) is 7.83. The molecule has 0 saturated carbocycles. The summed E-state index contributed by atoms with van der Waals surface area (Å²) in [6.45, 7) is 2.25. The van der Waals surface area contributed by atoms with E-state index in [9.17, 15) is 13.2 Å². The zero-order valence-electron chi connectivity index (χ0n) is 17.3. The molecule has 0 aromatic heterocycles.